The van der Waals surface area contributed by atoms with E-state index in [1.807, 2.05) is 30.8 Å². The number of ketones is 1. The smallest absolute Gasteiger partial charge is 0.167 e. The summed E-state index contributed by atoms with van der Waals surface area (Å²) in [6.07, 6.45) is 3.30. The molecule has 1 heterocycles. The molecule has 1 saturated carbocycles. The summed E-state index contributed by atoms with van der Waals surface area (Å²) in [7, 11) is 0. The molecule has 1 fully saturated rings. The summed E-state index contributed by atoms with van der Waals surface area (Å²) < 4.78 is 1.83. The van der Waals surface area contributed by atoms with Gasteiger partial charge in [-0.25, -0.2) is 0 Å². The quantitative estimate of drug-likeness (QED) is 0.818. The maximum Gasteiger partial charge on any atom is 0.167 e. The predicted molar refractivity (Wildman–Crippen MR) is 60.1 cm³/mol. The summed E-state index contributed by atoms with van der Waals surface area (Å²) in [6, 6.07) is 2.15. The molecule has 1 aromatic rings. The van der Waals surface area contributed by atoms with E-state index in [0.717, 1.165) is 18.5 Å². The second kappa shape index (κ2) is 4.37. The Hall–Kier alpha value is -1.16. The second-order valence-corrected chi connectivity index (χ2v) is 4.81. The highest BCUT2D eigenvalue weighted by molar-refractivity contribution is 5.85. The van der Waals surface area contributed by atoms with Gasteiger partial charge in [0.25, 0.3) is 0 Å². The highest BCUT2D eigenvalue weighted by Gasteiger charge is 2.34. The molecule has 0 saturated heterocycles. The number of Topliss-reactive ketones (excluding diaryl/α,β-unsaturated/α-hetero) is 1. The Labute approximate surface area is 95.3 Å². The van der Waals surface area contributed by atoms with Crippen molar-refractivity contribution in [2.45, 2.75) is 45.3 Å². The number of aromatic nitrogens is 2. The van der Waals surface area contributed by atoms with E-state index in [1.165, 1.54) is 0 Å². The lowest BCUT2D eigenvalue weighted by Gasteiger charge is -2.06. The lowest BCUT2D eigenvalue weighted by atomic mass is 10.1. The van der Waals surface area contributed by atoms with Gasteiger partial charge in [0.15, 0.2) is 5.78 Å². The van der Waals surface area contributed by atoms with Crippen LogP contribution in [0.15, 0.2) is 12.3 Å². The lowest BCUT2D eigenvalue weighted by molar-refractivity contribution is -0.127. The lowest BCUT2D eigenvalue weighted by Crippen LogP contribution is -2.24. The van der Waals surface area contributed by atoms with Crippen LogP contribution in [0.5, 0.6) is 0 Å². The van der Waals surface area contributed by atoms with E-state index in [1.54, 1.807) is 0 Å². The first kappa shape index (κ1) is 11.3. The van der Waals surface area contributed by atoms with Gasteiger partial charge in [-0.3, -0.25) is 9.48 Å². The van der Waals surface area contributed by atoms with Crippen molar-refractivity contribution < 1.29 is 9.90 Å². The average molecular weight is 222 g/mol. The van der Waals surface area contributed by atoms with Crippen molar-refractivity contribution in [3.05, 3.63) is 18.0 Å². The van der Waals surface area contributed by atoms with Crippen LogP contribution in [0, 0.1) is 5.92 Å². The first-order chi connectivity index (χ1) is 7.58. The number of carbonyl (C=O) groups is 1. The largest absolute Gasteiger partial charge is 0.385 e. The monoisotopic (exact) mass is 222 g/mol. The summed E-state index contributed by atoms with van der Waals surface area (Å²) in [6.45, 7) is 4.08. The van der Waals surface area contributed by atoms with E-state index < -0.39 is 6.10 Å². The van der Waals surface area contributed by atoms with Gasteiger partial charge in [-0.05, 0) is 38.7 Å². The number of aliphatic hydroxyl groups is 1. The van der Waals surface area contributed by atoms with Crippen molar-refractivity contribution in [2.75, 3.05) is 0 Å². The number of carbonyl (C=O) groups excluding carboxylic acids is 1. The first-order valence-corrected chi connectivity index (χ1v) is 5.82. The van der Waals surface area contributed by atoms with E-state index in [2.05, 4.69) is 5.10 Å². The molecule has 1 aliphatic rings. The third-order valence-electron chi connectivity index (χ3n) is 2.95. The Morgan fingerprint density at radius 3 is 2.81 bits per heavy atom. The van der Waals surface area contributed by atoms with E-state index in [0.29, 0.717) is 6.04 Å². The maximum absolute atomic E-state index is 11.7. The zero-order valence-electron chi connectivity index (χ0n) is 9.76. The van der Waals surface area contributed by atoms with Crippen LogP contribution in [0.3, 0.4) is 0 Å². The van der Waals surface area contributed by atoms with Crippen LogP contribution in [0.2, 0.25) is 0 Å². The number of rotatable bonds is 5. The topological polar surface area (TPSA) is 55.1 Å². The van der Waals surface area contributed by atoms with Gasteiger partial charge in [-0.2, -0.15) is 5.10 Å². The fraction of sp³-hybridized carbons (Fsp3) is 0.667. The first-order valence-electron chi connectivity index (χ1n) is 5.82. The molecule has 0 radical (unpaired) electrons. The molecular weight excluding hydrogens is 204 g/mol. The van der Waals surface area contributed by atoms with Gasteiger partial charge in [0, 0.05) is 12.2 Å². The standard InChI is InChI=1S/C12H18N2O2/c1-8(2)14-6-5-10(13-14)7-11(15)12(16)9-3-4-9/h5-6,8-9,12,16H,3-4,7H2,1-2H3. The van der Waals surface area contributed by atoms with Gasteiger partial charge < -0.3 is 5.11 Å². The third kappa shape index (κ3) is 2.50. The Kier molecular flexibility index (Phi) is 3.10. The van der Waals surface area contributed by atoms with Crippen LogP contribution in [-0.2, 0) is 11.2 Å². The number of aliphatic hydroxyl groups excluding tert-OH is 1. The second-order valence-electron chi connectivity index (χ2n) is 4.81. The molecular formula is C12H18N2O2. The number of hydrogen-bond donors (Lipinski definition) is 1. The molecule has 0 aliphatic heterocycles. The summed E-state index contributed by atoms with van der Waals surface area (Å²) >= 11 is 0. The molecule has 0 aromatic carbocycles. The molecule has 16 heavy (non-hydrogen) atoms. The van der Waals surface area contributed by atoms with Crippen molar-refractivity contribution in [3.63, 3.8) is 0 Å². The summed E-state index contributed by atoms with van der Waals surface area (Å²) in [5, 5.41) is 13.9. The fourth-order valence-electron chi connectivity index (χ4n) is 1.72. The highest BCUT2D eigenvalue weighted by atomic mass is 16.3. The van der Waals surface area contributed by atoms with E-state index in [9.17, 15) is 9.90 Å². The average Bonchev–Trinajstić information content (AvgIpc) is 2.97. The fourth-order valence-corrected chi connectivity index (χ4v) is 1.72. The van der Waals surface area contributed by atoms with E-state index >= 15 is 0 Å². The van der Waals surface area contributed by atoms with Crippen LogP contribution in [0.4, 0.5) is 0 Å². The molecule has 4 nitrogen and oxygen atoms in total. The molecule has 0 spiro atoms. The zero-order valence-corrected chi connectivity index (χ0v) is 9.76. The van der Waals surface area contributed by atoms with Gasteiger partial charge >= 0.3 is 0 Å². The minimum absolute atomic E-state index is 0.100. The highest BCUT2D eigenvalue weighted by Crippen LogP contribution is 2.33. The number of nitrogens with zero attached hydrogens (tertiary/aromatic N) is 2. The maximum atomic E-state index is 11.7. The zero-order chi connectivity index (χ0) is 11.7. The Bertz CT molecular complexity index is 380. The molecule has 0 amide bonds. The van der Waals surface area contributed by atoms with Crippen LogP contribution >= 0.6 is 0 Å². The Balaban J connectivity index is 1.94. The van der Waals surface area contributed by atoms with Gasteiger partial charge in [0.05, 0.1) is 12.1 Å². The van der Waals surface area contributed by atoms with Gasteiger partial charge in [-0.1, -0.05) is 0 Å². The van der Waals surface area contributed by atoms with Crippen molar-refractivity contribution in [1.82, 2.24) is 9.78 Å². The molecule has 2 rings (SSSR count). The van der Waals surface area contributed by atoms with Crippen LogP contribution in [0.25, 0.3) is 0 Å². The van der Waals surface area contributed by atoms with E-state index in [-0.39, 0.29) is 18.1 Å². The van der Waals surface area contributed by atoms with Crippen LogP contribution in [0.1, 0.15) is 38.4 Å². The minimum Gasteiger partial charge on any atom is -0.385 e. The Morgan fingerprint density at radius 1 is 1.62 bits per heavy atom. The Morgan fingerprint density at radius 2 is 2.31 bits per heavy atom. The normalized spacial score (nSPS) is 17.8. The summed E-state index contributed by atoms with van der Waals surface area (Å²) in [5.74, 6) is 0.108. The minimum atomic E-state index is -0.774. The van der Waals surface area contributed by atoms with E-state index in [4.69, 9.17) is 0 Å². The molecule has 1 atom stereocenters. The molecule has 88 valence electrons. The molecule has 1 aromatic heterocycles. The van der Waals surface area contributed by atoms with Crippen LogP contribution < -0.4 is 0 Å². The molecule has 4 heteroatoms. The molecule has 1 N–H and O–H groups in total. The van der Waals surface area contributed by atoms with Gasteiger partial charge in [0.2, 0.25) is 0 Å². The summed E-state index contributed by atoms with van der Waals surface area (Å²) in [4.78, 5) is 11.7. The summed E-state index contributed by atoms with van der Waals surface area (Å²) in [5.41, 5.74) is 0.749. The third-order valence-corrected chi connectivity index (χ3v) is 2.95. The number of hydrogen-bond acceptors (Lipinski definition) is 3. The van der Waals surface area contributed by atoms with Crippen molar-refractivity contribution >= 4 is 5.78 Å². The van der Waals surface area contributed by atoms with Crippen molar-refractivity contribution in [1.29, 1.82) is 0 Å². The van der Waals surface area contributed by atoms with Gasteiger partial charge in [0.1, 0.15) is 6.10 Å². The van der Waals surface area contributed by atoms with Crippen molar-refractivity contribution in [3.8, 4) is 0 Å². The SMILES string of the molecule is CC(C)n1ccc(CC(=O)C(O)C2CC2)n1. The molecule has 1 aliphatic carbocycles. The predicted octanol–water partition coefficient (Wildman–Crippen LogP) is 1.35. The molecule has 1 unspecified atom stereocenters. The van der Waals surface area contributed by atoms with Crippen molar-refractivity contribution in [2.24, 2.45) is 5.92 Å². The molecule has 0 bridgehead atoms. The van der Waals surface area contributed by atoms with Crippen LogP contribution in [-0.4, -0.2) is 26.8 Å². The van der Waals surface area contributed by atoms with Gasteiger partial charge in [-0.15, -0.1) is 0 Å².